The van der Waals surface area contributed by atoms with Crippen LogP contribution in [0.4, 0.5) is 5.95 Å². The van der Waals surface area contributed by atoms with Crippen LogP contribution in [0, 0.1) is 12.8 Å². The minimum atomic E-state index is -1.06. The number of imidazole rings is 1. The fourth-order valence-corrected chi connectivity index (χ4v) is 4.08. The van der Waals surface area contributed by atoms with Crippen LogP contribution in [-0.2, 0) is 6.54 Å². The number of aromatic carboxylic acids is 1. The SMILES string of the molecule is C=CC[C@H]1COc2cc(C(=O)O)cc3nc(NC(=O)c4cc(C)nn4CC4CC4)n1c23. The lowest BCUT2D eigenvalue weighted by Gasteiger charge is -2.26. The van der Waals surface area contributed by atoms with Crippen molar-refractivity contribution in [2.24, 2.45) is 5.92 Å². The van der Waals surface area contributed by atoms with Gasteiger partial charge < -0.3 is 9.84 Å². The van der Waals surface area contributed by atoms with Gasteiger partial charge in [0.2, 0.25) is 5.95 Å². The highest BCUT2D eigenvalue weighted by molar-refractivity contribution is 6.04. The van der Waals surface area contributed by atoms with Crippen LogP contribution in [0.1, 0.15) is 51.8 Å². The summed E-state index contributed by atoms with van der Waals surface area (Å²) in [5, 5.41) is 16.8. The Morgan fingerprint density at radius 1 is 1.35 bits per heavy atom. The molecule has 2 aliphatic rings. The van der Waals surface area contributed by atoms with Crippen molar-refractivity contribution in [1.82, 2.24) is 19.3 Å². The second-order valence-corrected chi connectivity index (χ2v) is 8.19. The zero-order chi connectivity index (χ0) is 21.7. The summed E-state index contributed by atoms with van der Waals surface area (Å²) in [4.78, 5) is 29.2. The number of allylic oxidation sites excluding steroid dienone is 1. The molecule has 1 atom stereocenters. The van der Waals surface area contributed by atoms with Gasteiger partial charge in [-0.2, -0.15) is 5.10 Å². The highest BCUT2D eigenvalue weighted by Crippen LogP contribution is 2.38. The van der Waals surface area contributed by atoms with E-state index in [9.17, 15) is 14.7 Å². The number of benzene rings is 1. The first-order valence-electron chi connectivity index (χ1n) is 10.3. The molecule has 1 saturated carbocycles. The van der Waals surface area contributed by atoms with E-state index in [4.69, 9.17) is 4.74 Å². The lowest BCUT2D eigenvalue weighted by Crippen LogP contribution is -2.26. The summed E-state index contributed by atoms with van der Waals surface area (Å²) < 4.78 is 9.50. The predicted octanol–water partition coefficient (Wildman–Crippen LogP) is 3.41. The summed E-state index contributed by atoms with van der Waals surface area (Å²) in [5.74, 6) is 0.0203. The molecule has 0 spiro atoms. The summed E-state index contributed by atoms with van der Waals surface area (Å²) >= 11 is 0. The van der Waals surface area contributed by atoms with Crippen LogP contribution in [0.2, 0.25) is 0 Å². The molecule has 0 radical (unpaired) electrons. The molecule has 2 N–H and O–H groups in total. The number of anilines is 1. The van der Waals surface area contributed by atoms with Gasteiger partial charge in [-0.05, 0) is 50.3 Å². The summed E-state index contributed by atoms with van der Waals surface area (Å²) in [5.41, 5.74) is 2.49. The van der Waals surface area contributed by atoms with Gasteiger partial charge in [0.25, 0.3) is 5.91 Å². The van der Waals surface area contributed by atoms with E-state index in [1.54, 1.807) is 16.8 Å². The predicted molar refractivity (Wildman–Crippen MR) is 114 cm³/mol. The lowest BCUT2D eigenvalue weighted by atomic mass is 10.1. The van der Waals surface area contributed by atoms with Gasteiger partial charge in [-0.3, -0.25) is 19.4 Å². The molecular formula is C22H23N5O4. The maximum absolute atomic E-state index is 13.2. The first-order valence-corrected chi connectivity index (χ1v) is 10.3. The third kappa shape index (κ3) is 3.45. The molecule has 3 heterocycles. The molecule has 9 nitrogen and oxygen atoms in total. The van der Waals surface area contributed by atoms with Gasteiger partial charge in [-0.25, -0.2) is 9.78 Å². The molecule has 2 aromatic heterocycles. The summed E-state index contributed by atoms with van der Waals surface area (Å²) in [7, 11) is 0. The number of nitrogens with one attached hydrogen (secondary N) is 1. The Labute approximate surface area is 178 Å². The molecule has 0 unspecified atom stereocenters. The molecule has 0 saturated heterocycles. The average Bonchev–Trinajstić information content (AvgIpc) is 3.36. The largest absolute Gasteiger partial charge is 0.489 e. The first-order chi connectivity index (χ1) is 14.9. The van der Waals surface area contributed by atoms with Crippen molar-refractivity contribution in [2.75, 3.05) is 11.9 Å². The monoisotopic (exact) mass is 421 g/mol. The molecule has 31 heavy (non-hydrogen) atoms. The zero-order valence-electron chi connectivity index (χ0n) is 17.2. The van der Waals surface area contributed by atoms with E-state index in [-0.39, 0.29) is 17.5 Å². The van der Waals surface area contributed by atoms with Gasteiger partial charge in [-0.1, -0.05) is 6.08 Å². The molecule has 9 heteroatoms. The van der Waals surface area contributed by atoms with Crippen LogP contribution in [0.15, 0.2) is 30.9 Å². The van der Waals surface area contributed by atoms with E-state index in [1.165, 1.54) is 12.1 Å². The normalized spacial score (nSPS) is 17.4. The van der Waals surface area contributed by atoms with Crippen LogP contribution in [0.25, 0.3) is 11.0 Å². The third-order valence-corrected chi connectivity index (χ3v) is 5.72. The number of rotatable bonds is 7. The number of carboxylic acid groups (broad SMARTS) is 1. The number of carbonyl (C=O) groups is 2. The Hall–Kier alpha value is -3.62. The molecule has 1 amide bonds. The van der Waals surface area contributed by atoms with E-state index in [2.05, 4.69) is 22.0 Å². The Morgan fingerprint density at radius 3 is 2.87 bits per heavy atom. The van der Waals surface area contributed by atoms with Crippen LogP contribution in [0.5, 0.6) is 5.75 Å². The standard InChI is InChI=1S/C22H23N5O4/c1-3-4-15-11-31-18-9-14(21(29)30)8-16-19(18)27(15)22(23-16)24-20(28)17-7-12(2)25-26(17)10-13-5-6-13/h3,7-9,13,15H,1,4-6,10-11H2,2H3,(H,29,30)(H,23,24,28)/t15-/m0/s1. The second kappa shape index (κ2) is 7.26. The summed E-state index contributed by atoms with van der Waals surface area (Å²) in [6.07, 6.45) is 4.73. The minimum Gasteiger partial charge on any atom is -0.489 e. The van der Waals surface area contributed by atoms with E-state index in [1.807, 2.05) is 11.5 Å². The number of amides is 1. The quantitative estimate of drug-likeness (QED) is 0.566. The smallest absolute Gasteiger partial charge is 0.335 e. The zero-order valence-corrected chi connectivity index (χ0v) is 17.2. The maximum Gasteiger partial charge on any atom is 0.335 e. The summed E-state index contributed by atoms with van der Waals surface area (Å²) in [6, 6.07) is 4.65. The van der Waals surface area contributed by atoms with Gasteiger partial charge in [0.1, 0.15) is 23.6 Å². The molecule has 160 valence electrons. The molecule has 0 bridgehead atoms. The molecular weight excluding hydrogens is 398 g/mol. The Morgan fingerprint density at radius 2 is 2.16 bits per heavy atom. The van der Waals surface area contributed by atoms with Crippen molar-refractivity contribution < 1.29 is 19.4 Å². The Bertz CT molecular complexity index is 1220. The molecule has 1 fully saturated rings. The second-order valence-electron chi connectivity index (χ2n) is 8.19. The van der Waals surface area contributed by atoms with Crippen LogP contribution in [-0.4, -0.2) is 42.9 Å². The third-order valence-electron chi connectivity index (χ3n) is 5.72. The summed E-state index contributed by atoms with van der Waals surface area (Å²) in [6.45, 7) is 6.74. The van der Waals surface area contributed by atoms with E-state index in [0.717, 1.165) is 25.1 Å². The number of carboxylic acids is 1. The van der Waals surface area contributed by atoms with Gasteiger partial charge in [0.15, 0.2) is 0 Å². The number of hydrogen-bond acceptors (Lipinski definition) is 5. The lowest BCUT2D eigenvalue weighted by molar-refractivity contribution is 0.0696. The van der Waals surface area contributed by atoms with Crippen molar-refractivity contribution in [2.45, 2.75) is 38.8 Å². The molecule has 3 aromatic rings. The Kier molecular flexibility index (Phi) is 4.53. The minimum absolute atomic E-state index is 0.0883. The van der Waals surface area contributed by atoms with Crippen LogP contribution >= 0.6 is 0 Å². The van der Waals surface area contributed by atoms with Gasteiger partial charge in [0, 0.05) is 6.54 Å². The van der Waals surface area contributed by atoms with E-state index < -0.39 is 5.97 Å². The first kappa shape index (κ1) is 19.3. The number of hydrogen-bond donors (Lipinski definition) is 2. The van der Waals surface area contributed by atoms with Crippen molar-refractivity contribution in [3.63, 3.8) is 0 Å². The van der Waals surface area contributed by atoms with Crippen molar-refractivity contribution in [3.8, 4) is 5.75 Å². The Balaban J connectivity index is 1.56. The van der Waals surface area contributed by atoms with Crippen molar-refractivity contribution in [1.29, 1.82) is 0 Å². The number of ether oxygens (including phenoxy) is 1. The fraction of sp³-hybridized carbons (Fsp3) is 0.364. The number of carbonyl (C=O) groups excluding carboxylic acids is 1. The number of aromatic nitrogens is 4. The maximum atomic E-state index is 13.2. The average molecular weight is 421 g/mol. The highest BCUT2D eigenvalue weighted by atomic mass is 16.5. The van der Waals surface area contributed by atoms with Crippen molar-refractivity contribution >= 4 is 28.9 Å². The molecule has 5 rings (SSSR count). The van der Waals surface area contributed by atoms with Crippen LogP contribution in [0.3, 0.4) is 0 Å². The van der Waals surface area contributed by atoms with Crippen LogP contribution < -0.4 is 10.1 Å². The molecule has 1 aromatic carbocycles. The number of aryl methyl sites for hydroxylation is 1. The topological polar surface area (TPSA) is 111 Å². The van der Waals surface area contributed by atoms with E-state index in [0.29, 0.717) is 47.4 Å². The van der Waals surface area contributed by atoms with Crippen molar-refractivity contribution in [3.05, 3.63) is 47.8 Å². The van der Waals surface area contributed by atoms with Gasteiger partial charge >= 0.3 is 5.97 Å². The number of nitrogens with zero attached hydrogens (tertiary/aromatic N) is 4. The highest BCUT2D eigenvalue weighted by Gasteiger charge is 2.30. The molecule has 1 aliphatic carbocycles. The molecule has 1 aliphatic heterocycles. The van der Waals surface area contributed by atoms with E-state index >= 15 is 0 Å². The fourth-order valence-electron chi connectivity index (χ4n) is 4.08. The van der Waals surface area contributed by atoms with Gasteiger partial charge in [0.05, 0.1) is 22.8 Å². The van der Waals surface area contributed by atoms with Gasteiger partial charge in [-0.15, -0.1) is 6.58 Å².